The Morgan fingerprint density at radius 3 is 2.39 bits per heavy atom. The number of aliphatic hydroxyl groups is 2. The molecule has 1 aromatic heterocycles. The van der Waals surface area contributed by atoms with E-state index < -0.39 is 42.0 Å². The van der Waals surface area contributed by atoms with Gasteiger partial charge in [0.25, 0.3) is 0 Å². The number of aliphatic hydroxyl groups excluding tert-OH is 2. The van der Waals surface area contributed by atoms with Crippen molar-refractivity contribution in [2.75, 3.05) is 26.3 Å². The minimum Gasteiger partial charge on any atom is -0.390 e. The molecule has 2 aliphatic carbocycles. The Balaban J connectivity index is 1.34. The number of nitrogens with one attached hydrogen (secondary N) is 2. The summed E-state index contributed by atoms with van der Waals surface area (Å²) in [6.45, 7) is 5.91. The fourth-order valence-corrected chi connectivity index (χ4v) is 7.86. The van der Waals surface area contributed by atoms with Gasteiger partial charge in [-0.15, -0.1) is 11.3 Å². The SMILES string of the molecule is CC(C)C[C@H](O)[C@H](O)[C@H](CC1CCCCC1)NC(=O)[C@H](Cc1cscn1)NC(=O)[C@@H]1[C@@H](C(=O)N2CCOCC2)[C@@H]1c1ccccc1. The third-order valence-electron chi connectivity index (χ3n) is 9.80. The molecule has 5 rings (SSSR count). The van der Waals surface area contributed by atoms with Gasteiger partial charge in [-0.05, 0) is 30.2 Å². The number of morpholine rings is 1. The number of aromatic nitrogens is 1. The van der Waals surface area contributed by atoms with E-state index in [9.17, 15) is 24.6 Å². The van der Waals surface area contributed by atoms with Crippen LogP contribution in [0.4, 0.5) is 0 Å². The molecule has 46 heavy (non-hydrogen) atoms. The summed E-state index contributed by atoms with van der Waals surface area (Å²) in [5.41, 5.74) is 3.28. The highest BCUT2D eigenvalue weighted by molar-refractivity contribution is 7.07. The van der Waals surface area contributed by atoms with Gasteiger partial charge in [-0.1, -0.05) is 76.3 Å². The van der Waals surface area contributed by atoms with Gasteiger partial charge in [0.1, 0.15) is 12.1 Å². The average molecular weight is 655 g/mol. The summed E-state index contributed by atoms with van der Waals surface area (Å²) < 4.78 is 5.44. The number of nitrogens with zero attached hydrogens (tertiary/aromatic N) is 2. The molecule has 10 nitrogen and oxygen atoms in total. The lowest BCUT2D eigenvalue weighted by molar-refractivity contribution is -0.138. The molecule has 0 spiro atoms. The van der Waals surface area contributed by atoms with E-state index in [1.165, 1.54) is 17.8 Å². The fourth-order valence-electron chi connectivity index (χ4n) is 7.29. The number of carbonyl (C=O) groups is 3. The van der Waals surface area contributed by atoms with Gasteiger partial charge in [0.05, 0.1) is 48.4 Å². The van der Waals surface area contributed by atoms with Crippen LogP contribution in [0.1, 0.15) is 76.0 Å². The highest BCUT2D eigenvalue weighted by Gasteiger charge is 2.60. The van der Waals surface area contributed by atoms with Crippen LogP contribution in [-0.2, 0) is 25.5 Å². The molecule has 0 bridgehead atoms. The van der Waals surface area contributed by atoms with Crippen LogP contribution in [0, 0.1) is 23.7 Å². The standard InChI is InChI=1S/C35H50N4O6S/c1-22(2)17-28(40)32(41)26(18-23-9-5-3-6-10-23)37-33(42)27(19-25-20-46-21-36-25)38-34(43)30-29(24-11-7-4-8-12-24)31(30)35(44)39-13-15-45-16-14-39/h4,7-8,11-12,20-23,26-32,40-41H,3,5-6,9-10,13-19H2,1-2H3,(H,37,42)(H,38,43)/t26-,27-,28-,29+,30-,31-,32+/m0/s1. The van der Waals surface area contributed by atoms with E-state index in [-0.39, 0.29) is 30.1 Å². The van der Waals surface area contributed by atoms with Gasteiger partial charge in [0, 0.05) is 30.8 Å². The Morgan fingerprint density at radius 1 is 1.02 bits per heavy atom. The summed E-state index contributed by atoms with van der Waals surface area (Å²) in [7, 11) is 0. The van der Waals surface area contributed by atoms with E-state index in [4.69, 9.17) is 4.74 Å². The molecule has 11 heteroatoms. The number of ether oxygens (including phenoxy) is 1. The fraction of sp³-hybridized carbons (Fsp3) is 0.657. The van der Waals surface area contributed by atoms with E-state index in [1.807, 2.05) is 49.6 Å². The first-order valence-electron chi connectivity index (χ1n) is 17.0. The van der Waals surface area contributed by atoms with Crippen LogP contribution in [0.25, 0.3) is 0 Å². The molecule has 2 saturated carbocycles. The molecule has 4 N–H and O–H groups in total. The van der Waals surface area contributed by atoms with E-state index in [2.05, 4.69) is 15.6 Å². The Labute approximate surface area is 276 Å². The van der Waals surface area contributed by atoms with Crippen molar-refractivity contribution in [2.45, 2.75) is 95.4 Å². The lowest BCUT2D eigenvalue weighted by atomic mass is 9.82. The first-order chi connectivity index (χ1) is 22.2. The number of hydrogen-bond donors (Lipinski definition) is 4. The Bertz CT molecular complexity index is 1270. The van der Waals surface area contributed by atoms with Crippen LogP contribution in [0.5, 0.6) is 0 Å². The number of hydrogen-bond acceptors (Lipinski definition) is 8. The second-order valence-corrected chi connectivity index (χ2v) is 14.4. The van der Waals surface area contributed by atoms with Crippen molar-refractivity contribution in [1.29, 1.82) is 0 Å². The molecule has 0 radical (unpaired) electrons. The number of thiazole rings is 1. The molecule has 2 heterocycles. The van der Waals surface area contributed by atoms with Crippen molar-refractivity contribution in [2.24, 2.45) is 23.7 Å². The molecule has 7 atom stereocenters. The number of carbonyl (C=O) groups excluding carboxylic acids is 3. The minimum atomic E-state index is -1.13. The van der Waals surface area contributed by atoms with Crippen molar-refractivity contribution >= 4 is 29.1 Å². The van der Waals surface area contributed by atoms with Crippen molar-refractivity contribution in [1.82, 2.24) is 20.5 Å². The summed E-state index contributed by atoms with van der Waals surface area (Å²) in [4.78, 5) is 47.8. The van der Waals surface area contributed by atoms with Gasteiger partial charge >= 0.3 is 0 Å². The number of benzene rings is 1. The molecule has 252 valence electrons. The van der Waals surface area contributed by atoms with Crippen molar-refractivity contribution in [3.63, 3.8) is 0 Å². The van der Waals surface area contributed by atoms with Crippen LogP contribution in [0.2, 0.25) is 0 Å². The van der Waals surface area contributed by atoms with E-state index in [0.29, 0.717) is 50.8 Å². The molecule has 0 unspecified atom stereocenters. The third-order valence-corrected chi connectivity index (χ3v) is 10.4. The van der Waals surface area contributed by atoms with Crippen LogP contribution < -0.4 is 10.6 Å². The predicted octanol–water partition coefficient (Wildman–Crippen LogP) is 3.28. The van der Waals surface area contributed by atoms with Crippen LogP contribution in [0.3, 0.4) is 0 Å². The molecule has 1 aromatic carbocycles. The van der Waals surface area contributed by atoms with Gasteiger partial charge in [0.2, 0.25) is 17.7 Å². The van der Waals surface area contributed by atoms with Crippen LogP contribution in [-0.4, -0.2) is 88.4 Å². The van der Waals surface area contributed by atoms with Gasteiger partial charge in [-0.25, -0.2) is 4.98 Å². The van der Waals surface area contributed by atoms with Crippen LogP contribution >= 0.6 is 11.3 Å². The molecule has 3 amide bonds. The smallest absolute Gasteiger partial charge is 0.243 e. The van der Waals surface area contributed by atoms with E-state index in [0.717, 1.165) is 31.2 Å². The minimum absolute atomic E-state index is 0.0624. The Kier molecular flexibility index (Phi) is 12.2. The summed E-state index contributed by atoms with van der Waals surface area (Å²) in [5.74, 6) is -1.73. The van der Waals surface area contributed by atoms with Gasteiger partial charge < -0.3 is 30.5 Å². The lowest BCUT2D eigenvalue weighted by Crippen LogP contribution is -2.56. The molecule has 1 aliphatic heterocycles. The summed E-state index contributed by atoms with van der Waals surface area (Å²) >= 11 is 1.41. The van der Waals surface area contributed by atoms with E-state index >= 15 is 0 Å². The molecule has 2 aromatic rings. The predicted molar refractivity (Wildman–Crippen MR) is 176 cm³/mol. The van der Waals surface area contributed by atoms with Crippen molar-refractivity contribution in [3.8, 4) is 0 Å². The highest BCUT2D eigenvalue weighted by Crippen LogP contribution is 2.55. The molecular weight excluding hydrogens is 604 g/mol. The summed E-state index contributed by atoms with van der Waals surface area (Å²) in [5, 5.41) is 30.1. The summed E-state index contributed by atoms with van der Waals surface area (Å²) in [6, 6.07) is 7.98. The summed E-state index contributed by atoms with van der Waals surface area (Å²) in [6.07, 6.45) is 4.52. The van der Waals surface area contributed by atoms with Crippen molar-refractivity contribution < 1.29 is 29.3 Å². The lowest BCUT2D eigenvalue weighted by Gasteiger charge is -2.33. The zero-order valence-corrected chi connectivity index (χ0v) is 27.9. The molecule has 3 fully saturated rings. The van der Waals surface area contributed by atoms with Gasteiger partial charge in [-0.2, -0.15) is 0 Å². The van der Waals surface area contributed by atoms with Crippen molar-refractivity contribution in [3.05, 3.63) is 52.5 Å². The first kappa shape index (κ1) is 34.5. The third kappa shape index (κ3) is 8.93. The number of amides is 3. The quantitative estimate of drug-likeness (QED) is 0.245. The maximum absolute atomic E-state index is 14.0. The monoisotopic (exact) mass is 654 g/mol. The van der Waals surface area contributed by atoms with E-state index in [1.54, 1.807) is 10.4 Å². The Hall–Kier alpha value is -2.86. The topological polar surface area (TPSA) is 141 Å². The zero-order chi connectivity index (χ0) is 32.6. The molecule has 3 aliphatic rings. The van der Waals surface area contributed by atoms with Gasteiger partial charge in [0.15, 0.2) is 0 Å². The highest BCUT2D eigenvalue weighted by atomic mass is 32.1. The van der Waals surface area contributed by atoms with Gasteiger partial charge in [-0.3, -0.25) is 14.4 Å². The molecular formula is C35H50N4O6S. The average Bonchev–Trinajstić information content (AvgIpc) is 3.61. The second kappa shape index (κ2) is 16.3. The normalized spacial score (nSPS) is 24.5. The first-order valence-corrected chi connectivity index (χ1v) is 17.9. The zero-order valence-electron chi connectivity index (χ0n) is 27.1. The number of rotatable bonds is 14. The molecule has 1 saturated heterocycles. The maximum atomic E-state index is 14.0. The Morgan fingerprint density at radius 2 is 1.74 bits per heavy atom. The second-order valence-electron chi connectivity index (χ2n) is 13.7. The van der Waals surface area contributed by atoms with Crippen LogP contribution in [0.15, 0.2) is 41.2 Å². The maximum Gasteiger partial charge on any atom is 0.243 e. The largest absolute Gasteiger partial charge is 0.390 e.